The van der Waals surface area contributed by atoms with Crippen LogP contribution in [0, 0.1) is 17.0 Å². The number of hydrogen-bond donors (Lipinski definition) is 1. The molecule has 2 heterocycles. The average Bonchev–Trinajstić information content (AvgIpc) is 2.83. The summed E-state index contributed by atoms with van der Waals surface area (Å²) in [4.78, 5) is 35.2. The van der Waals surface area contributed by atoms with Crippen LogP contribution in [0.4, 0.5) is 11.5 Å². The largest absolute Gasteiger partial charge is 0.352 e. The number of imide groups is 1. The zero-order valence-electron chi connectivity index (χ0n) is 12.3. The van der Waals surface area contributed by atoms with Crippen molar-refractivity contribution >= 4 is 23.3 Å². The summed E-state index contributed by atoms with van der Waals surface area (Å²) in [6.45, 7) is 5.19. The molecule has 1 unspecified atom stereocenters. The zero-order chi connectivity index (χ0) is 15.9. The second-order valence-corrected chi connectivity index (χ2v) is 5.27. The molecule has 0 bridgehead atoms. The van der Waals surface area contributed by atoms with Gasteiger partial charge in [0.15, 0.2) is 0 Å². The number of nitro groups is 1. The number of aromatic nitrogens is 2. The first-order valence-electron chi connectivity index (χ1n) is 6.54. The molecule has 1 saturated heterocycles. The number of anilines is 1. The summed E-state index contributed by atoms with van der Waals surface area (Å²) in [5, 5.41) is 18.2. The molecule has 0 aromatic carbocycles. The minimum atomic E-state index is -0.796. The van der Waals surface area contributed by atoms with Crippen molar-refractivity contribution in [3.63, 3.8) is 0 Å². The summed E-state index contributed by atoms with van der Waals surface area (Å²) in [6.07, 6.45) is -0.0190. The van der Waals surface area contributed by atoms with Crippen LogP contribution in [-0.2, 0) is 9.59 Å². The van der Waals surface area contributed by atoms with E-state index in [1.165, 1.54) is 18.7 Å². The molecule has 9 nitrogen and oxygen atoms in total. The number of likely N-dealkylation sites (tertiary alicyclic amines) is 1. The Bertz CT molecular complexity index is 621. The Hall–Kier alpha value is -2.45. The molecule has 1 aromatic heterocycles. The van der Waals surface area contributed by atoms with Crippen molar-refractivity contribution in [1.82, 2.24) is 14.7 Å². The van der Waals surface area contributed by atoms with Gasteiger partial charge in [-0.1, -0.05) is 0 Å². The lowest BCUT2D eigenvalue weighted by molar-refractivity contribution is -0.384. The molecule has 0 spiro atoms. The Labute approximate surface area is 121 Å². The normalized spacial score (nSPS) is 18.7. The third-order valence-electron chi connectivity index (χ3n) is 3.42. The highest BCUT2D eigenvalue weighted by molar-refractivity contribution is 6.06. The molecule has 21 heavy (non-hydrogen) atoms. The standard InChI is InChI=1S/C12H17N5O4/c1-6(2)16-11(10(17(20)21)7(3)14-16)13-8-5-9(18)15(4)12(8)19/h6,8,13H,5H2,1-4H3. The topological polar surface area (TPSA) is 110 Å². The molecule has 0 radical (unpaired) electrons. The molecule has 1 N–H and O–H groups in total. The van der Waals surface area contributed by atoms with Crippen LogP contribution in [0.2, 0.25) is 0 Å². The van der Waals surface area contributed by atoms with Gasteiger partial charge >= 0.3 is 5.69 Å². The first-order valence-corrected chi connectivity index (χ1v) is 6.54. The maximum atomic E-state index is 11.9. The molecule has 2 rings (SSSR count). The van der Waals surface area contributed by atoms with Crippen molar-refractivity contribution in [1.29, 1.82) is 0 Å². The predicted octanol–water partition coefficient (Wildman–Crippen LogP) is 0.850. The monoisotopic (exact) mass is 295 g/mol. The van der Waals surface area contributed by atoms with Gasteiger partial charge in [-0.2, -0.15) is 5.10 Å². The van der Waals surface area contributed by atoms with E-state index in [1.807, 2.05) is 13.8 Å². The molecule has 1 aliphatic heterocycles. The van der Waals surface area contributed by atoms with E-state index < -0.39 is 16.9 Å². The summed E-state index contributed by atoms with van der Waals surface area (Å²) in [6, 6.07) is -0.917. The Kier molecular flexibility index (Phi) is 3.67. The lowest BCUT2D eigenvalue weighted by Gasteiger charge is -2.15. The summed E-state index contributed by atoms with van der Waals surface area (Å²) in [5.74, 6) is -0.551. The number of amides is 2. The van der Waals surface area contributed by atoms with Gasteiger partial charge in [0.25, 0.3) is 5.91 Å². The number of rotatable bonds is 4. The number of carbonyl (C=O) groups is 2. The number of carbonyl (C=O) groups excluding carboxylic acids is 2. The van der Waals surface area contributed by atoms with Crippen molar-refractivity contribution < 1.29 is 14.5 Å². The third-order valence-corrected chi connectivity index (χ3v) is 3.42. The first-order chi connectivity index (χ1) is 9.73. The van der Waals surface area contributed by atoms with Crippen LogP contribution in [0.3, 0.4) is 0 Å². The van der Waals surface area contributed by atoms with E-state index in [-0.39, 0.29) is 35.6 Å². The first kappa shape index (κ1) is 14.9. The second-order valence-electron chi connectivity index (χ2n) is 5.27. The Morgan fingerprint density at radius 3 is 2.48 bits per heavy atom. The fraction of sp³-hybridized carbons (Fsp3) is 0.583. The molecule has 0 aliphatic carbocycles. The van der Waals surface area contributed by atoms with Gasteiger partial charge in [-0.25, -0.2) is 4.68 Å². The van der Waals surface area contributed by atoms with Crippen LogP contribution in [0.25, 0.3) is 0 Å². The fourth-order valence-corrected chi connectivity index (χ4v) is 2.30. The fourth-order valence-electron chi connectivity index (χ4n) is 2.30. The molecular formula is C12H17N5O4. The van der Waals surface area contributed by atoms with Gasteiger partial charge in [0.1, 0.15) is 11.7 Å². The van der Waals surface area contributed by atoms with Crippen LogP contribution in [0.15, 0.2) is 0 Å². The number of hydrogen-bond acceptors (Lipinski definition) is 6. The maximum Gasteiger partial charge on any atom is 0.333 e. The zero-order valence-corrected chi connectivity index (χ0v) is 12.3. The van der Waals surface area contributed by atoms with Gasteiger partial charge in [0.2, 0.25) is 11.7 Å². The molecule has 2 amide bonds. The Morgan fingerprint density at radius 2 is 2.05 bits per heavy atom. The van der Waals surface area contributed by atoms with Gasteiger partial charge in [-0.3, -0.25) is 24.6 Å². The van der Waals surface area contributed by atoms with Crippen molar-refractivity contribution in [3.8, 4) is 0 Å². The van der Waals surface area contributed by atoms with E-state index in [2.05, 4.69) is 10.4 Å². The van der Waals surface area contributed by atoms with E-state index >= 15 is 0 Å². The van der Waals surface area contributed by atoms with Crippen LogP contribution in [-0.4, -0.2) is 44.5 Å². The molecular weight excluding hydrogens is 278 g/mol. The SMILES string of the molecule is Cc1nn(C(C)C)c(NC2CC(=O)N(C)C2=O)c1[N+](=O)[O-]. The maximum absolute atomic E-state index is 11.9. The second kappa shape index (κ2) is 5.15. The lowest BCUT2D eigenvalue weighted by atomic mass is 10.2. The van der Waals surface area contributed by atoms with E-state index in [0.29, 0.717) is 0 Å². The lowest BCUT2D eigenvalue weighted by Crippen LogP contribution is -2.32. The van der Waals surface area contributed by atoms with Crippen LogP contribution >= 0.6 is 0 Å². The summed E-state index contributed by atoms with van der Waals surface area (Å²) in [7, 11) is 1.39. The molecule has 1 atom stereocenters. The van der Waals surface area contributed by atoms with Gasteiger partial charge in [-0.15, -0.1) is 0 Å². The number of nitrogens with zero attached hydrogens (tertiary/aromatic N) is 4. The summed E-state index contributed by atoms with van der Waals surface area (Å²) < 4.78 is 1.46. The van der Waals surface area contributed by atoms with Crippen molar-refractivity contribution in [2.24, 2.45) is 0 Å². The molecule has 1 aromatic rings. The van der Waals surface area contributed by atoms with Crippen LogP contribution in [0.1, 0.15) is 32.0 Å². The highest BCUT2D eigenvalue weighted by Gasteiger charge is 2.38. The summed E-state index contributed by atoms with van der Waals surface area (Å²) >= 11 is 0. The number of likely N-dealkylation sites (N-methyl/N-ethyl adjacent to an activating group) is 1. The van der Waals surface area contributed by atoms with Crippen molar-refractivity contribution in [2.45, 2.75) is 39.3 Å². The van der Waals surface area contributed by atoms with Gasteiger partial charge in [0.05, 0.1) is 11.3 Å². The highest BCUT2D eigenvalue weighted by atomic mass is 16.6. The molecule has 114 valence electrons. The number of aryl methyl sites for hydroxylation is 1. The van der Waals surface area contributed by atoms with E-state index in [1.54, 1.807) is 0 Å². The molecule has 1 aliphatic rings. The van der Waals surface area contributed by atoms with E-state index in [4.69, 9.17) is 0 Å². The third kappa shape index (κ3) is 2.46. The molecule has 0 saturated carbocycles. The Morgan fingerprint density at radius 1 is 1.43 bits per heavy atom. The van der Waals surface area contributed by atoms with Gasteiger partial charge < -0.3 is 5.32 Å². The summed E-state index contributed by atoms with van der Waals surface area (Å²) in [5.41, 5.74) is 0.0971. The molecule has 1 fully saturated rings. The van der Waals surface area contributed by atoms with Gasteiger partial charge in [-0.05, 0) is 20.8 Å². The smallest absolute Gasteiger partial charge is 0.333 e. The minimum absolute atomic E-state index is 0.0190. The number of nitrogens with one attached hydrogen (secondary N) is 1. The van der Waals surface area contributed by atoms with E-state index in [0.717, 1.165) is 4.90 Å². The minimum Gasteiger partial charge on any atom is -0.352 e. The van der Waals surface area contributed by atoms with Crippen molar-refractivity contribution in [3.05, 3.63) is 15.8 Å². The quantitative estimate of drug-likeness (QED) is 0.501. The van der Waals surface area contributed by atoms with Crippen LogP contribution in [0.5, 0.6) is 0 Å². The predicted molar refractivity (Wildman–Crippen MR) is 73.8 cm³/mol. The molecule has 9 heteroatoms. The average molecular weight is 295 g/mol. The van der Waals surface area contributed by atoms with Crippen LogP contribution < -0.4 is 5.32 Å². The Balaban J connectivity index is 2.41. The van der Waals surface area contributed by atoms with E-state index in [9.17, 15) is 19.7 Å². The van der Waals surface area contributed by atoms with Gasteiger partial charge in [0, 0.05) is 13.1 Å². The highest BCUT2D eigenvalue weighted by Crippen LogP contribution is 2.32. The van der Waals surface area contributed by atoms with Crippen molar-refractivity contribution in [2.75, 3.05) is 12.4 Å².